The van der Waals surface area contributed by atoms with Gasteiger partial charge in [-0.25, -0.2) is 4.79 Å². The number of aliphatic carboxylic acids is 2. The number of carbonyl (C=O) groups is 6. The van der Waals surface area contributed by atoms with Gasteiger partial charge in [-0.05, 0) is 26.2 Å². The minimum atomic E-state index is -1.73. The van der Waals surface area contributed by atoms with Crippen LogP contribution in [0.15, 0.2) is 4.99 Å². The molecule has 0 rings (SSSR count). The maximum absolute atomic E-state index is 12.7. The van der Waals surface area contributed by atoms with Crippen LogP contribution in [0.5, 0.6) is 0 Å². The van der Waals surface area contributed by atoms with E-state index in [-0.39, 0.29) is 31.8 Å². The van der Waals surface area contributed by atoms with Crippen molar-refractivity contribution in [1.82, 2.24) is 16.0 Å². The van der Waals surface area contributed by atoms with E-state index in [9.17, 15) is 39.0 Å². The van der Waals surface area contributed by atoms with E-state index in [0.29, 0.717) is 6.42 Å². The Labute approximate surface area is 206 Å². The minimum absolute atomic E-state index is 0.102. The Morgan fingerprint density at radius 2 is 1.44 bits per heavy atom. The molecule has 0 aromatic carbocycles. The van der Waals surface area contributed by atoms with Crippen molar-refractivity contribution in [3.05, 3.63) is 0 Å². The molecule has 0 aliphatic carbocycles. The van der Waals surface area contributed by atoms with Gasteiger partial charge in [0.05, 0.1) is 18.6 Å². The number of nitrogens with zero attached hydrogens (tertiary/aromatic N) is 1. The van der Waals surface area contributed by atoms with Crippen LogP contribution in [-0.2, 0) is 28.8 Å². The van der Waals surface area contributed by atoms with Crippen molar-refractivity contribution in [2.45, 2.75) is 69.3 Å². The molecule has 5 unspecified atom stereocenters. The van der Waals surface area contributed by atoms with Gasteiger partial charge in [0.15, 0.2) is 5.96 Å². The van der Waals surface area contributed by atoms with E-state index in [1.165, 1.54) is 0 Å². The van der Waals surface area contributed by atoms with E-state index >= 15 is 0 Å². The Morgan fingerprint density at radius 3 is 1.92 bits per heavy atom. The van der Waals surface area contributed by atoms with Crippen molar-refractivity contribution in [3.8, 4) is 0 Å². The van der Waals surface area contributed by atoms with Crippen molar-refractivity contribution < 1.29 is 44.1 Å². The second kappa shape index (κ2) is 15.8. The quantitative estimate of drug-likeness (QED) is 0.0491. The molecule has 0 spiro atoms. The molecule has 0 saturated carbocycles. The minimum Gasteiger partial charge on any atom is -0.481 e. The van der Waals surface area contributed by atoms with Crippen molar-refractivity contribution >= 4 is 41.5 Å². The molecular formula is C19H34N8O9. The highest BCUT2D eigenvalue weighted by molar-refractivity contribution is 5.96. The van der Waals surface area contributed by atoms with Crippen molar-refractivity contribution in [3.63, 3.8) is 0 Å². The number of aliphatic hydroxyl groups excluding tert-OH is 1. The number of hydrogen-bond acceptors (Lipinski definition) is 9. The summed E-state index contributed by atoms with van der Waals surface area (Å²) in [4.78, 5) is 74.7. The lowest BCUT2D eigenvalue weighted by atomic mass is 10.1. The van der Waals surface area contributed by atoms with Crippen LogP contribution in [0.4, 0.5) is 0 Å². The molecule has 204 valence electrons. The van der Waals surface area contributed by atoms with E-state index < -0.39 is 72.3 Å². The van der Waals surface area contributed by atoms with Crippen LogP contribution in [0.3, 0.4) is 0 Å². The van der Waals surface area contributed by atoms with Gasteiger partial charge in [-0.1, -0.05) is 0 Å². The number of guanidine groups is 1. The monoisotopic (exact) mass is 518 g/mol. The second-order valence-electron chi connectivity index (χ2n) is 7.85. The van der Waals surface area contributed by atoms with Crippen LogP contribution in [0.1, 0.15) is 39.0 Å². The average molecular weight is 519 g/mol. The highest BCUT2D eigenvalue weighted by atomic mass is 16.4. The largest absolute Gasteiger partial charge is 0.481 e. The topological polar surface area (TPSA) is 316 Å². The van der Waals surface area contributed by atoms with Gasteiger partial charge >= 0.3 is 11.9 Å². The summed E-state index contributed by atoms with van der Waals surface area (Å²) in [5.41, 5.74) is 21.1. The SMILES string of the molecule is CC(O)C(NC(=O)C(CC(=O)O)NC(=O)C(N)CCCN=C(N)N)C(=O)NC(CCC(N)=O)C(=O)O. The van der Waals surface area contributed by atoms with Gasteiger partial charge in [-0.2, -0.15) is 0 Å². The summed E-state index contributed by atoms with van der Waals surface area (Å²) in [6.07, 6.45) is -2.74. The third kappa shape index (κ3) is 13.0. The molecule has 0 bridgehead atoms. The number of primary amides is 1. The molecule has 17 nitrogen and oxygen atoms in total. The molecule has 36 heavy (non-hydrogen) atoms. The summed E-state index contributed by atoms with van der Waals surface area (Å²) in [7, 11) is 0. The molecule has 14 N–H and O–H groups in total. The van der Waals surface area contributed by atoms with E-state index in [1.54, 1.807) is 0 Å². The lowest BCUT2D eigenvalue weighted by molar-refractivity contribution is -0.144. The summed E-state index contributed by atoms with van der Waals surface area (Å²) in [5, 5.41) is 34.6. The summed E-state index contributed by atoms with van der Waals surface area (Å²) in [6.45, 7) is 1.30. The number of carboxylic acid groups (broad SMARTS) is 2. The highest BCUT2D eigenvalue weighted by Gasteiger charge is 2.33. The zero-order valence-electron chi connectivity index (χ0n) is 19.7. The molecule has 0 saturated heterocycles. The first-order chi connectivity index (χ1) is 16.6. The second-order valence-corrected chi connectivity index (χ2v) is 7.85. The fourth-order valence-electron chi connectivity index (χ4n) is 2.78. The Kier molecular flexibility index (Phi) is 14.1. The molecule has 17 heteroatoms. The first kappa shape index (κ1) is 32.0. The van der Waals surface area contributed by atoms with Crippen LogP contribution in [-0.4, -0.2) is 93.7 Å². The number of aliphatic imine (C=N–C) groups is 1. The zero-order chi connectivity index (χ0) is 28.0. The molecule has 0 aliphatic heterocycles. The summed E-state index contributed by atoms with van der Waals surface area (Å²) >= 11 is 0. The molecule has 0 aliphatic rings. The predicted molar refractivity (Wildman–Crippen MR) is 124 cm³/mol. The fraction of sp³-hybridized carbons (Fsp3) is 0.632. The smallest absolute Gasteiger partial charge is 0.326 e. The van der Waals surface area contributed by atoms with Gasteiger partial charge in [0, 0.05) is 13.0 Å². The van der Waals surface area contributed by atoms with Gasteiger partial charge < -0.3 is 54.2 Å². The first-order valence-electron chi connectivity index (χ1n) is 10.8. The van der Waals surface area contributed by atoms with E-state index in [0.717, 1.165) is 6.92 Å². The molecule has 0 heterocycles. The Balaban J connectivity index is 5.35. The van der Waals surface area contributed by atoms with Crippen LogP contribution in [0.25, 0.3) is 0 Å². The number of rotatable bonds is 17. The third-order valence-electron chi connectivity index (χ3n) is 4.67. The number of nitrogens with one attached hydrogen (secondary N) is 3. The standard InChI is InChI=1S/C19H34N8O9/c1-8(28)14(17(34)25-10(18(35)36)4-5-12(21)29)27-16(33)11(7-13(30)31)26-15(32)9(20)3-2-6-24-19(22)23/h8-11,14,28H,2-7,20H2,1H3,(H2,21,29)(H,25,34)(H,26,32)(H,27,33)(H,30,31)(H,35,36)(H4,22,23,24). The van der Waals surface area contributed by atoms with Crippen molar-refractivity contribution in [1.29, 1.82) is 0 Å². The Hall–Kier alpha value is -3.99. The van der Waals surface area contributed by atoms with Crippen LogP contribution < -0.4 is 38.9 Å². The van der Waals surface area contributed by atoms with Crippen LogP contribution in [0.2, 0.25) is 0 Å². The summed E-state index contributed by atoms with van der Waals surface area (Å²) < 4.78 is 0. The predicted octanol–water partition coefficient (Wildman–Crippen LogP) is -4.97. The molecule has 0 aromatic rings. The Morgan fingerprint density at radius 1 is 0.861 bits per heavy atom. The average Bonchev–Trinajstić information content (AvgIpc) is 2.75. The zero-order valence-corrected chi connectivity index (χ0v) is 19.7. The third-order valence-corrected chi connectivity index (χ3v) is 4.67. The molecule has 0 aromatic heterocycles. The Bertz CT molecular complexity index is 845. The lowest BCUT2D eigenvalue weighted by Gasteiger charge is -2.26. The summed E-state index contributed by atoms with van der Waals surface area (Å²) in [5.74, 6) is -7.06. The number of carbonyl (C=O) groups excluding carboxylic acids is 4. The molecule has 5 atom stereocenters. The number of amides is 4. The maximum atomic E-state index is 12.7. The fourth-order valence-corrected chi connectivity index (χ4v) is 2.78. The molecular weight excluding hydrogens is 484 g/mol. The number of aliphatic hydroxyl groups is 1. The van der Waals surface area contributed by atoms with Crippen molar-refractivity contribution in [2.24, 2.45) is 27.9 Å². The van der Waals surface area contributed by atoms with Gasteiger partial charge in [0.2, 0.25) is 23.6 Å². The van der Waals surface area contributed by atoms with E-state index in [1.807, 2.05) is 0 Å². The normalized spacial score (nSPS) is 14.8. The van der Waals surface area contributed by atoms with Gasteiger partial charge in [0.25, 0.3) is 0 Å². The van der Waals surface area contributed by atoms with Crippen molar-refractivity contribution in [2.75, 3.05) is 6.54 Å². The first-order valence-corrected chi connectivity index (χ1v) is 10.8. The van der Waals surface area contributed by atoms with E-state index in [4.69, 9.17) is 28.0 Å². The molecule has 4 amide bonds. The van der Waals surface area contributed by atoms with Gasteiger partial charge in [-0.3, -0.25) is 29.0 Å². The maximum Gasteiger partial charge on any atom is 0.326 e. The lowest BCUT2D eigenvalue weighted by Crippen LogP contribution is -2.60. The van der Waals surface area contributed by atoms with Crippen LogP contribution >= 0.6 is 0 Å². The van der Waals surface area contributed by atoms with E-state index in [2.05, 4.69) is 20.9 Å². The molecule has 0 radical (unpaired) electrons. The number of nitrogens with two attached hydrogens (primary N) is 4. The summed E-state index contributed by atoms with van der Waals surface area (Å²) in [6, 6.07) is -6.11. The highest BCUT2D eigenvalue weighted by Crippen LogP contribution is 2.04. The number of hydrogen-bond donors (Lipinski definition) is 10. The molecule has 0 fully saturated rings. The number of carboxylic acids is 2. The van der Waals surface area contributed by atoms with Gasteiger partial charge in [-0.15, -0.1) is 0 Å². The van der Waals surface area contributed by atoms with Gasteiger partial charge in [0.1, 0.15) is 18.1 Å². The van der Waals surface area contributed by atoms with Crippen LogP contribution in [0, 0.1) is 0 Å².